The average Bonchev–Trinajstić information content (AvgIpc) is 2.48. The topological polar surface area (TPSA) is 66.6 Å². The van der Waals surface area contributed by atoms with Gasteiger partial charge in [-0.1, -0.05) is 37.3 Å². The quantitative estimate of drug-likeness (QED) is 0.854. The Morgan fingerprint density at radius 2 is 2.00 bits per heavy atom. The van der Waals surface area contributed by atoms with E-state index in [4.69, 9.17) is 5.73 Å². The van der Waals surface area contributed by atoms with Gasteiger partial charge in [0.25, 0.3) is 10.2 Å². The van der Waals surface area contributed by atoms with Crippen LogP contribution in [0.1, 0.15) is 25.3 Å². The lowest BCUT2D eigenvalue weighted by Crippen LogP contribution is -2.48. The molecule has 1 saturated heterocycles. The first-order valence-corrected chi connectivity index (χ1v) is 8.93. The molecule has 1 heterocycles. The van der Waals surface area contributed by atoms with Crippen LogP contribution in [0.5, 0.6) is 0 Å². The van der Waals surface area contributed by atoms with Crippen molar-refractivity contribution in [1.29, 1.82) is 0 Å². The van der Waals surface area contributed by atoms with Crippen molar-refractivity contribution >= 4 is 22.6 Å². The monoisotopic (exact) mass is 347 g/mol. The van der Waals surface area contributed by atoms with Gasteiger partial charge in [0.1, 0.15) is 0 Å². The van der Waals surface area contributed by atoms with E-state index in [-0.39, 0.29) is 12.4 Å². The van der Waals surface area contributed by atoms with Gasteiger partial charge in [0.05, 0.1) is 0 Å². The number of hydrogen-bond acceptors (Lipinski definition) is 3. The van der Waals surface area contributed by atoms with E-state index in [9.17, 15) is 8.42 Å². The van der Waals surface area contributed by atoms with Crippen LogP contribution < -0.4 is 5.73 Å². The number of rotatable bonds is 6. The molecule has 0 aliphatic carbocycles. The number of halogens is 1. The summed E-state index contributed by atoms with van der Waals surface area (Å²) in [5.74, 6) is 0.421. The van der Waals surface area contributed by atoms with Crippen molar-refractivity contribution < 1.29 is 8.42 Å². The summed E-state index contributed by atoms with van der Waals surface area (Å²) in [6.45, 7) is 4.38. The third kappa shape index (κ3) is 4.93. The molecule has 1 aliphatic heterocycles. The maximum Gasteiger partial charge on any atom is 0.282 e. The third-order valence-corrected chi connectivity index (χ3v) is 5.80. The van der Waals surface area contributed by atoms with Gasteiger partial charge in [-0.05, 0) is 24.3 Å². The minimum atomic E-state index is -3.43. The van der Waals surface area contributed by atoms with Crippen molar-refractivity contribution in [1.82, 2.24) is 8.61 Å². The summed E-state index contributed by atoms with van der Waals surface area (Å²) in [6, 6.07) is 9.66. The third-order valence-electron chi connectivity index (χ3n) is 3.85. The summed E-state index contributed by atoms with van der Waals surface area (Å²) in [5, 5.41) is 0. The highest BCUT2D eigenvalue weighted by Gasteiger charge is 2.32. The predicted octanol–water partition coefficient (Wildman–Crippen LogP) is 1.85. The van der Waals surface area contributed by atoms with Crippen LogP contribution in [0.25, 0.3) is 0 Å². The van der Waals surface area contributed by atoms with Crippen molar-refractivity contribution in [2.75, 3.05) is 26.2 Å². The van der Waals surface area contributed by atoms with E-state index in [0.29, 0.717) is 38.6 Å². The highest BCUT2D eigenvalue weighted by atomic mass is 35.5. The number of piperidine rings is 1. The molecular formula is C15H26ClN3O2S. The van der Waals surface area contributed by atoms with E-state index in [1.165, 1.54) is 4.31 Å². The highest BCUT2D eigenvalue weighted by Crippen LogP contribution is 2.21. The molecule has 1 aromatic carbocycles. The first-order valence-electron chi connectivity index (χ1n) is 7.53. The summed E-state index contributed by atoms with van der Waals surface area (Å²) >= 11 is 0. The number of hydrogen-bond donors (Lipinski definition) is 1. The van der Waals surface area contributed by atoms with Crippen LogP contribution in [0.15, 0.2) is 30.3 Å². The summed E-state index contributed by atoms with van der Waals surface area (Å²) in [6.07, 6.45) is 2.03. The molecule has 0 amide bonds. The standard InChI is InChI=1S/C15H25N3O2S.ClH/c1-14-6-5-10-17(12-14)21(19,20)18(11-9-16)13-15-7-3-2-4-8-15;/h2-4,7-8,14H,5-6,9-13,16H2,1H3;1H. The van der Waals surface area contributed by atoms with Crippen LogP contribution in [-0.2, 0) is 16.8 Å². The van der Waals surface area contributed by atoms with E-state index in [0.717, 1.165) is 18.4 Å². The van der Waals surface area contributed by atoms with E-state index in [2.05, 4.69) is 6.92 Å². The van der Waals surface area contributed by atoms with E-state index in [1.807, 2.05) is 30.3 Å². The van der Waals surface area contributed by atoms with Gasteiger partial charge >= 0.3 is 0 Å². The fourth-order valence-corrected chi connectivity index (χ4v) is 4.50. The molecule has 1 aliphatic rings. The molecule has 2 rings (SSSR count). The Hall–Kier alpha value is -0.660. The zero-order chi connectivity index (χ0) is 15.3. The van der Waals surface area contributed by atoms with Gasteiger partial charge in [0.2, 0.25) is 0 Å². The van der Waals surface area contributed by atoms with Crippen LogP contribution in [0.3, 0.4) is 0 Å². The highest BCUT2D eigenvalue weighted by molar-refractivity contribution is 7.86. The van der Waals surface area contributed by atoms with Crippen molar-refractivity contribution in [2.24, 2.45) is 11.7 Å². The molecule has 2 N–H and O–H groups in total. The summed E-state index contributed by atoms with van der Waals surface area (Å²) < 4.78 is 28.8. The molecule has 7 heteroatoms. The molecule has 22 heavy (non-hydrogen) atoms. The van der Waals surface area contributed by atoms with Crippen LogP contribution in [0, 0.1) is 5.92 Å². The van der Waals surface area contributed by atoms with Crippen LogP contribution in [0.4, 0.5) is 0 Å². The smallest absolute Gasteiger partial charge is 0.282 e. The molecule has 0 saturated carbocycles. The zero-order valence-electron chi connectivity index (χ0n) is 13.0. The molecule has 0 spiro atoms. The largest absolute Gasteiger partial charge is 0.329 e. The second-order valence-corrected chi connectivity index (χ2v) is 7.65. The van der Waals surface area contributed by atoms with Gasteiger partial charge in [-0.2, -0.15) is 17.0 Å². The van der Waals surface area contributed by atoms with Gasteiger partial charge < -0.3 is 5.73 Å². The van der Waals surface area contributed by atoms with Crippen LogP contribution in [0.2, 0.25) is 0 Å². The summed E-state index contributed by atoms with van der Waals surface area (Å²) in [5.41, 5.74) is 6.60. The Balaban J connectivity index is 0.00000242. The van der Waals surface area contributed by atoms with Gasteiger partial charge in [-0.3, -0.25) is 0 Å². The van der Waals surface area contributed by atoms with Crippen molar-refractivity contribution in [3.05, 3.63) is 35.9 Å². The summed E-state index contributed by atoms with van der Waals surface area (Å²) in [7, 11) is -3.43. The molecule has 0 aromatic heterocycles. The first-order chi connectivity index (χ1) is 10.0. The Labute approximate surface area is 140 Å². The molecule has 0 radical (unpaired) electrons. The Morgan fingerprint density at radius 1 is 1.32 bits per heavy atom. The lowest BCUT2D eigenvalue weighted by molar-refractivity contribution is 0.256. The average molecular weight is 348 g/mol. The second-order valence-electron chi connectivity index (χ2n) is 5.72. The van der Waals surface area contributed by atoms with Gasteiger partial charge in [-0.25, -0.2) is 0 Å². The number of benzene rings is 1. The van der Waals surface area contributed by atoms with Crippen molar-refractivity contribution in [2.45, 2.75) is 26.3 Å². The van der Waals surface area contributed by atoms with E-state index >= 15 is 0 Å². The maximum atomic E-state index is 12.8. The normalized spacial score (nSPS) is 19.9. The van der Waals surface area contributed by atoms with Crippen molar-refractivity contribution in [3.63, 3.8) is 0 Å². The molecule has 1 unspecified atom stereocenters. The fraction of sp³-hybridized carbons (Fsp3) is 0.600. The molecular weight excluding hydrogens is 322 g/mol. The number of nitrogens with zero attached hydrogens (tertiary/aromatic N) is 2. The summed E-state index contributed by atoms with van der Waals surface area (Å²) in [4.78, 5) is 0. The lowest BCUT2D eigenvalue weighted by Gasteiger charge is -2.34. The molecule has 1 fully saturated rings. The van der Waals surface area contributed by atoms with Gasteiger partial charge in [-0.15, -0.1) is 12.4 Å². The Kier molecular flexibility index (Phi) is 7.79. The Morgan fingerprint density at radius 3 is 2.59 bits per heavy atom. The molecule has 0 bridgehead atoms. The van der Waals surface area contributed by atoms with Gasteiger partial charge in [0, 0.05) is 32.7 Å². The molecule has 1 aromatic rings. The number of nitrogens with two attached hydrogens (primary N) is 1. The maximum absolute atomic E-state index is 12.8. The van der Waals surface area contributed by atoms with Crippen molar-refractivity contribution in [3.8, 4) is 0 Å². The SMILES string of the molecule is CC1CCCN(S(=O)(=O)N(CCN)Cc2ccccc2)C1.Cl. The molecule has 5 nitrogen and oxygen atoms in total. The second kappa shape index (κ2) is 8.84. The first kappa shape index (κ1) is 19.4. The Bertz CT molecular complexity index is 539. The van der Waals surface area contributed by atoms with E-state index in [1.54, 1.807) is 4.31 Å². The fourth-order valence-electron chi connectivity index (χ4n) is 2.73. The zero-order valence-corrected chi connectivity index (χ0v) is 14.7. The molecule has 1 atom stereocenters. The van der Waals surface area contributed by atoms with Crippen LogP contribution >= 0.6 is 12.4 Å². The minimum absolute atomic E-state index is 0. The predicted molar refractivity (Wildman–Crippen MR) is 92.0 cm³/mol. The van der Waals surface area contributed by atoms with Crippen LogP contribution in [-0.4, -0.2) is 43.2 Å². The molecule has 126 valence electrons. The van der Waals surface area contributed by atoms with E-state index < -0.39 is 10.2 Å². The van der Waals surface area contributed by atoms with Gasteiger partial charge in [0.15, 0.2) is 0 Å². The minimum Gasteiger partial charge on any atom is -0.329 e. The lowest BCUT2D eigenvalue weighted by atomic mass is 10.0.